The Hall–Kier alpha value is -2.40. The summed E-state index contributed by atoms with van der Waals surface area (Å²) in [6.07, 6.45) is 21.4. The predicted octanol–water partition coefficient (Wildman–Crippen LogP) is 8.14. The zero-order chi connectivity index (χ0) is 31.3. The molecule has 8 unspecified atom stereocenters. The van der Waals surface area contributed by atoms with Crippen LogP contribution in [0.2, 0.25) is 0 Å². The number of ketones is 1. The highest BCUT2D eigenvalue weighted by atomic mass is 16.6. The molecule has 1 amide bonds. The third-order valence-electron chi connectivity index (χ3n) is 16.6. The van der Waals surface area contributed by atoms with Crippen LogP contribution in [0.4, 0.5) is 4.79 Å². The number of hydrogen-bond donors (Lipinski definition) is 1. The standard InChI is InChI=1S/C41H51NO4/c1-36-11-8-30(43)22-39(36)14-15-41(31(23-39)34(44)29-6-4-3-5-7-29)32(36)9-12-37(2)33(41)10-13-40(37)25-42(35(45)46-40)24-38-19-26-16-27(20-38)18-28(17-26)21-38/h3-7,14-15,23,26-28,30,32-33,43H,8-13,16-22,24-25H2,1-2H3. The Labute approximate surface area is 274 Å². The lowest BCUT2D eigenvalue weighted by atomic mass is 9.32. The molecule has 5 nitrogen and oxygen atoms in total. The molecule has 6 bridgehead atoms. The van der Waals surface area contributed by atoms with E-state index >= 15 is 0 Å². The maximum atomic E-state index is 14.7. The van der Waals surface area contributed by atoms with Gasteiger partial charge < -0.3 is 14.7 Å². The molecule has 11 aliphatic rings. The predicted molar refractivity (Wildman–Crippen MR) is 176 cm³/mol. The number of aliphatic hydroxyl groups excluding tert-OH is 1. The molecule has 8 fully saturated rings. The van der Waals surface area contributed by atoms with E-state index in [0.29, 0.717) is 24.3 Å². The number of nitrogens with zero attached hydrogens (tertiary/aromatic N) is 1. The molecule has 244 valence electrons. The summed E-state index contributed by atoms with van der Waals surface area (Å²) in [5.41, 5.74) is 0.615. The van der Waals surface area contributed by atoms with Gasteiger partial charge in [0.25, 0.3) is 0 Å². The Morgan fingerprint density at radius 2 is 1.52 bits per heavy atom. The highest BCUT2D eigenvalue weighted by Crippen LogP contribution is 2.79. The molecule has 1 aromatic rings. The number of hydrogen-bond acceptors (Lipinski definition) is 4. The van der Waals surface area contributed by atoms with Gasteiger partial charge >= 0.3 is 6.09 Å². The Bertz CT molecular complexity index is 1540. The van der Waals surface area contributed by atoms with Crippen molar-refractivity contribution < 1.29 is 19.4 Å². The zero-order valence-corrected chi connectivity index (χ0v) is 27.8. The van der Waals surface area contributed by atoms with Crippen molar-refractivity contribution in [3.8, 4) is 0 Å². The lowest BCUT2D eigenvalue weighted by Gasteiger charge is -2.71. The third-order valence-corrected chi connectivity index (χ3v) is 16.6. The molecular formula is C41H51NO4. The molecule has 7 saturated carbocycles. The maximum absolute atomic E-state index is 14.7. The lowest BCUT2D eigenvalue weighted by molar-refractivity contribution is -0.164. The minimum Gasteiger partial charge on any atom is -0.440 e. The summed E-state index contributed by atoms with van der Waals surface area (Å²) in [6.45, 7) is 6.49. The van der Waals surface area contributed by atoms with Crippen LogP contribution in [0.3, 0.4) is 0 Å². The van der Waals surface area contributed by atoms with Gasteiger partial charge in [-0.3, -0.25) is 4.79 Å². The number of carbonyl (C=O) groups excluding carboxylic acids is 2. The van der Waals surface area contributed by atoms with Gasteiger partial charge in [-0.2, -0.15) is 0 Å². The minimum atomic E-state index is -0.499. The van der Waals surface area contributed by atoms with Gasteiger partial charge in [-0.15, -0.1) is 0 Å². The van der Waals surface area contributed by atoms with Crippen molar-refractivity contribution in [2.75, 3.05) is 13.1 Å². The fourth-order valence-corrected chi connectivity index (χ4v) is 15.1. The van der Waals surface area contributed by atoms with Gasteiger partial charge in [0.2, 0.25) is 0 Å². The average molecular weight is 622 g/mol. The van der Waals surface area contributed by atoms with E-state index in [1.165, 1.54) is 38.5 Å². The fourth-order valence-electron chi connectivity index (χ4n) is 15.1. The van der Waals surface area contributed by atoms with Crippen LogP contribution >= 0.6 is 0 Å². The van der Waals surface area contributed by atoms with E-state index in [1.54, 1.807) is 0 Å². The Balaban J connectivity index is 1.03. The monoisotopic (exact) mass is 621 g/mol. The Kier molecular flexibility index (Phi) is 5.58. The van der Waals surface area contributed by atoms with Gasteiger partial charge in [0, 0.05) is 33.9 Å². The van der Waals surface area contributed by atoms with Crippen LogP contribution in [0.15, 0.2) is 54.1 Å². The molecule has 1 aromatic carbocycles. The maximum Gasteiger partial charge on any atom is 0.410 e. The van der Waals surface area contributed by atoms with E-state index < -0.39 is 5.60 Å². The molecule has 1 saturated heterocycles. The van der Waals surface area contributed by atoms with E-state index in [9.17, 15) is 14.7 Å². The highest BCUT2D eigenvalue weighted by molar-refractivity contribution is 6.10. The second kappa shape index (κ2) is 8.98. The SMILES string of the molecule is CC12CCC(O)CC13C=CC1(C(C(=O)c4ccccc4)=C3)C2CCC2(C)C1CCC21CN(CC23CC4CC(CC(C4)C2)C3)C(=O)O1. The second-order valence-electron chi connectivity index (χ2n) is 18.6. The Morgan fingerprint density at radius 1 is 0.870 bits per heavy atom. The second-order valence-corrected chi connectivity index (χ2v) is 18.6. The van der Waals surface area contributed by atoms with Crippen molar-refractivity contribution in [1.29, 1.82) is 0 Å². The molecule has 0 aromatic heterocycles. The van der Waals surface area contributed by atoms with Crippen molar-refractivity contribution in [2.45, 2.75) is 109 Å². The first-order valence-corrected chi connectivity index (χ1v) is 18.7. The van der Waals surface area contributed by atoms with E-state index in [2.05, 4.69) is 37.0 Å². The van der Waals surface area contributed by atoms with Crippen LogP contribution in [0.5, 0.6) is 0 Å². The number of allylic oxidation sites excluding steroid dienone is 4. The number of amides is 1. The summed E-state index contributed by atoms with van der Waals surface area (Å²) in [7, 11) is 0. The zero-order valence-electron chi connectivity index (χ0n) is 27.8. The molecule has 46 heavy (non-hydrogen) atoms. The number of benzene rings is 1. The smallest absolute Gasteiger partial charge is 0.410 e. The molecule has 8 atom stereocenters. The summed E-state index contributed by atoms with van der Waals surface area (Å²) < 4.78 is 6.74. The summed E-state index contributed by atoms with van der Waals surface area (Å²) in [6, 6.07) is 9.85. The van der Waals surface area contributed by atoms with E-state index in [0.717, 1.165) is 74.0 Å². The molecule has 1 aliphatic heterocycles. The average Bonchev–Trinajstić information content (AvgIpc) is 3.50. The normalized spacial score (nSPS) is 52.4. The van der Waals surface area contributed by atoms with Crippen LogP contribution in [0, 0.1) is 56.7 Å². The van der Waals surface area contributed by atoms with Gasteiger partial charge in [0.05, 0.1) is 12.6 Å². The number of aliphatic hydroxyl groups is 1. The summed E-state index contributed by atoms with van der Waals surface area (Å²) in [5, 5.41) is 11.0. The fraction of sp³-hybridized carbons (Fsp3) is 0.707. The largest absolute Gasteiger partial charge is 0.440 e. The number of ether oxygens (including phenoxy) is 1. The van der Waals surface area contributed by atoms with E-state index in [1.807, 2.05) is 30.3 Å². The van der Waals surface area contributed by atoms with Crippen molar-refractivity contribution in [3.05, 3.63) is 59.7 Å². The van der Waals surface area contributed by atoms with Gasteiger partial charge in [0.15, 0.2) is 5.78 Å². The number of Topliss-reactive ketones (excluding diaryl/α,β-unsaturated/α-hetero) is 1. The van der Waals surface area contributed by atoms with Crippen LogP contribution in [-0.2, 0) is 4.74 Å². The van der Waals surface area contributed by atoms with Gasteiger partial charge in [0.1, 0.15) is 5.60 Å². The van der Waals surface area contributed by atoms with Crippen molar-refractivity contribution in [3.63, 3.8) is 0 Å². The van der Waals surface area contributed by atoms with Crippen LogP contribution in [0.1, 0.15) is 108 Å². The Morgan fingerprint density at radius 3 is 2.24 bits per heavy atom. The topological polar surface area (TPSA) is 66.8 Å². The number of fused-ring (bicyclic) bond motifs is 2. The lowest BCUT2D eigenvalue weighted by Crippen LogP contribution is -2.67. The molecule has 1 heterocycles. The quantitative estimate of drug-likeness (QED) is 0.272. The van der Waals surface area contributed by atoms with Crippen LogP contribution in [-0.4, -0.2) is 46.7 Å². The van der Waals surface area contributed by atoms with Crippen LogP contribution < -0.4 is 0 Å². The minimum absolute atomic E-state index is 0.00454. The van der Waals surface area contributed by atoms with Gasteiger partial charge in [-0.05, 0) is 124 Å². The van der Waals surface area contributed by atoms with E-state index in [-0.39, 0.29) is 45.6 Å². The van der Waals surface area contributed by atoms with Crippen molar-refractivity contribution in [1.82, 2.24) is 4.90 Å². The number of rotatable bonds is 4. The molecule has 0 radical (unpaired) electrons. The molecule has 1 N–H and O–H groups in total. The molecule has 3 spiro atoms. The molecule has 12 rings (SSSR count). The molecule has 10 aliphatic carbocycles. The summed E-state index contributed by atoms with van der Waals surface area (Å²) >= 11 is 0. The highest BCUT2D eigenvalue weighted by Gasteiger charge is 2.76. The third kappa shape index (κ3) is 3.37. The van der Waals surface area contributed by atoms with Gasteiger partial charge in [-0.1, -0.05) is 62.4 Å². The van der Waals surface area contributed by atoms with Crippen LogP contribution in [0.25, 0.3) is 0 Å². The molecule has 5 heteroatoms. The summed E-state index contributed by atoms with van der Waals surface area (Å²) in [5.74, 6) is 3.31. The van der Waals surface area contributed by atoms with E-state index in [4.69, 9.17) is 4.74 Å². The first kappa shape index (κ1) is 28.6. The number of carbonyl (C=O) groups is 2. The first-order chi connectivity index (χ1) is 22.0. The van der Waals surface area contributed by atoms with Crippen molar-refractivity contribution in [2.24, 2.45) is 56.7 Å². The summed E-state index contributed by atoms with van der Waals surface area (Å²) in [4.78, 5) is 30.8. The van der Waals surface area contributed by atoms with Crippen molar-refractivity contribution >= 4 is 11.9 Å². The van der Waals surface area contributed by atoms with Gasteiger partial charge in [-0.25, -0.2) is 4.79 Å². The molecular weight excluding hydrogens is 570 g/mol. The first-order valence-electron chi connectivity index (χ1n) is 18.7.